The van der Waals surface area contributed by atoms with Crippen LogP contribution in [-0.2, 0) is 4.79 Å². The van der Waals surface area contributed by atoms with Crippen molar-refractivity contribution >= 4 is 17.5 Å². The van der Waals surface area contributed by atoms with Gasteiger partial charge in [0.1, 0.15) is 18.0 Å². The molecule has 0 saturated carbocycles. The molecule has 25 heavy (non-hydrogen) atoms. The lowest BCUT2D eigenvalue weighted by Gasteiger charge is -2.33. The van der Waals surface area contributed by atoms with E-state index in [0.717, 1.165) is 57.1 Å². The average molecular weight is 348 g/mol. The third kappa shape index (κ3) is 6.88. The minimum atomic E-state index is 0.189. The summed E-state index contributed by atoms with van der Waals surface area (Å²) >= 11 is 0. The standard InChI is InChI=1S/C19H33N5O/c1-4-20-17-12-18(23-14-22-17)24-11-5-6-16(13-24)7-8-19(25)21-10-9-15(2)3/h12,14-16H,4-11,13H2,1-3H3,(H,21,25)(H,20,22,23)/t16-/m0/s1. The normalized spacial score (nSPS) is 17.6. The molecule has 1 fully saturated rings. The van der Waals surface area contributed by atoms with Crippen LogP contribution in [0, 0.1) is 11.8 Å². The summed E-state index contributed by atoms with van der Waals surface area (Å²) in [5, 5.41) is 6.27. The Bertz CT molecular complexity index is 534. The van der Waals surface area contributed by atoms with Crippen LogP contribution in [0.25, 0.3) is 0 Å². The van der Waals surface area contributed by atoms with Gasteiger partial charge in [-0.1, -0.05) is 13.8 Å². The molecule has 0 unspecified atom stereocenters. The summed E-state index contributed by atoms with van der Waals surface area (Å²) in [5.41, 5.74) is 0. The Balaban J connectivity index is 1.78. The highest BCUT2D eigenvalue weighted by Gasteiger charge is 2.22. The van der Waals surface area contributed by atoms with E-state index in [4.69, 9.17) is 0 Å². The van der Waals surface area contributed by atoms with Crippen LogP contribution >= 0.6 is 0 Å². The molecular weight excluding hydrogens is 314 g/mol. The van der Waals surface area contributed by atoms with Gasteiger partial charge in [0.05, 0.1) is 0 Å². The molecule has 1 aromatic heterocycles. The number of rotatable bonds is 9. The molecule has 140 valence electrons. The van der Waals surface area contributed by atoms with E-state index in [-0.39, 0.29) is 5.91 Å². The van der Waals surface area contributed by atoms with E-state index in [1.54, 1.807) is 6.33 Å². The molecule has 2 rings (SSSR count). The zero-order valence-electron chi connectivity index (χ0n) is 15.9. The summed E-state index contributed by atoms with van der Waals surface area (Å²) in [4.78, 5) is 23.0. The number of anilines is 2. The first-order chi connectivity index (χ1) is 12.1. The zero-order chi connectivity index (χ0) is 18.1. The highest BCUT2D eigenvalue weighted by molar-refractivity contribution is 5.75. The van der Waals surface area contributed by atoms with E-state index in [0.29, 0.717) is 18.3 Å². The molecule has 0 radical (unpaired) electrons. The molecule has 0 spiro atoms. The van der Waals surface area contributed by atoms with Gasteiger partial charge in [-0.15, -0.1) is 0 Å². The molecule has 2 heterocycles. The first kappa shape index (κ1) is 19.5. The van der Waals surface area contributed by atoms with Gasteiger partial charge in [-0.2, -0.15) is 0 Å². The maximum Gasteiger partial charge on any atom is 0.220 e. The maximum absolute atomic E-state index is 12.0. The highest BCUT2D eigenvalue weighted by Crippen LogP contribution is 2.25. The minimum Gasteiger partial charge on any atom is -0.370 e. The number of nitrogens with one attached hydrogen (secondary N) is 2. The van der Waals surface area contributed by atoms with Crippen LogP contribution in [0.5, 0.6) is 0 Å². The highest BCUT2D eigenvalue weighted by atomic mass is 16.1. The van der Waals surface area contributed by atoms with Crippen molar-refractivity contribution in [2.75, 3.05) is 36.4 Å². The van der Waals surface area contributed by atoms with Crippen LogP contribution in [0.15, 0.2) is 12.4 Å². The molecule has 1 atom stereocenters. The van der Waals surface area contributed by atoms with Gasteiger partial charge in [0.2, 0.25) is 5.91 Å². The van der Waals surface area contributed by atoms with Crippen LogP contribution in [-0.4, -0.2) is 42.1 Å². The number of hydrogen-bond donors (Lipinski definition) is 2. The van der Waals surface area contributed by atoms with Crippen molar-refractivity contribution in [3.8, 4) is 0 Å². The van der Waals surface area contributed by atoms with Crippen LogP contribution in [0.4, 0.5) is 11.6 Å². The fraction of sp³-hybridized carbons (Fsp3) is 0.737. The van der Waals surface area contributed by atoms with E-state index >= 15 is 0 Å². The average Bonchev–Trinajstić information content (AvgIpc) is 2.60. The molecule has 1 aromatic rings. The number of carbonyl (C=O) groups excluding carboxylic acids is 1. The van der Waals surface area contributed by atoms with Crippen molar-refractivity contribution in [3.05, 3.63) is 12.4 Å². The van der Waals surface area contributed by atoms with Crippen molar-refractivity contribution < 1.29 is 4.79 Å². The first-order valence-corrected chi connectivity index (χ1v) is 9.66. The Hall–Kier alpha value is -1.85. The smallest absolute Gasteiger partial charge is 0.220 e. The van der Waals surface area contributed by atoms with Crippen LogP contribution in [0.1, 0.15) is 52.9 Å². The molecule has 6 nitrogen and oxygen atoms in total. The van der Waals surface area contributed by atoms with E-state index < -0.39 is 0 Å². The van der Waals surface area contributed by atoms with Crippen LogP contribution < -0.4 is 15.5 Å². The largest absolute Gasteiger partial charge is 0.370 e. The van der Waals surface area contributed by atoms with Crippen molar-refractivity contribution in [1.29, 1.82) is 0 Å². The second-order valence-corrected chi connectivity index (χ2v) is 7.32. The Morgan fingerprint density at radius 3 is 3.00 bits per heavy atom. The van der Waals surface area contributed by atoms with Gasteiger partial charge < -0.3 is 15.5 Å². The summed E-state index contributed by atoms with van der Waals surface area (Å²) in [6.07, 6.45) is 6.60. The molecule has 1 aliphatic rings. The quantitative estimate of drug-likeness (QED) is 0.718. The lowest BCUT2D eigenvalue weighted by atomic mass is 9.93. The zero-order valence-corrected chi connectivity index (χ0v) is 15.9. The molecule has 6 heteroatoms. The molecule has 0 aromatic carbocycles. The number of piperidine rings is 1. The van der Waals surface area contributed by atoms with Crippen LogP contribution in [0.2, 0.25) is 0 Å². The maximum atomic E-state index is 12.0. The molecule has 1 amide bonds. The van der Waals surface area contributed by atoms with Gasteiger partial charge in [0.15, 0.2) is 0 Å². The summed E-state index contributed by atoms with van der Waals surface area (Å²) in [5.74, 6) is 3.24. The Kier molecular flexibility index (Phi) is 7.95. The predicted molar refractivity (Wildman–Crippen MR) is 103 cm³/mol. The van der Waals surface area contributed by atoms with Crippen molar-refractivity contribution in [2.45, 2.75) is 52.9 Å². The van der Waals surface area contributed by atoms with Crippen LogP contribution in [0.3, 0.4) is 0 Å². The molecule has 2 N–H and O–H groups in total. The van der Waals surface area contributed by atoms with Gasteiger partial charge in [-0.3, -0.25) is 4.79 Å². The Morgan fingerprint density at radius 1 is 1.40 bits per heavy atom. The van der Waals surface area contributed by atoms with Gasteiger partial charge in [0, 0.05) is 38.7 Å². The Labute approximate surface area is 151 Å². The third-order valence-electron chi connectivity index (χ3n) is 4.68. The molecule has 1 saturated heterocycles. The molecular formula is C19H33N5O. The van der Waals surface area contributed by atoms with E-state index in [1.165, 1.54) is 6.42 Å². The van der Waals surface area contributed by atoms with E-state index in [9.17, 15) is 4.79 Å². The molecule has 0 bridgehead atoms. The van der Waals surface area contributed by atoms with E-state index in [1.807, 2.05) is 6.07 Å². The van der Waals surface area contributed by atoms with Gasteiger partial charge in [-0.05, 0) is 44.4 Å². The van der Waals surface area contributed by atoms with Gasteiger partial charge >= 0.3 is 0 Å². The number of hydrogen-bond acceptors (Lipinski definition) is 5. The second kappa shape index (κ2) is 10.2. The minimum absolute atomic E-state index is 0.189. The molecule has 1 aliphatic heterocycles. The van der Waals surface area contributed by atoms with Crippen molar-refractivity contribution in [1.82, 2.24) is 15.3 Å². The topological polar surface area (TPSA) is 70.2 Å². The summed E-state index contributed by atoms with van der Waals surface area (Å²) in [7, 11) is 0. The fourth-order valence-electron chi connectivity index (χ4n) is 3.23. The lowest BCUT2D eigenvalue weighted by molar-refractivity contribution is -0.121. The lowest BCUT2D eigenvalue weighted by Crippen LogP contribution is -2.36. The van der Waals surface area contributed by atoms with E-state index in [2.05, 4.69) is 46.3 Å². The Morgan fingerprint density at radius 2 is 2.24 bits per heavy atom. The van der Waals surface area contributed by atoms with Gasteiger partial charge in [-0.25, -0.2) is 9.97 Å². The molecule has 0 aliphatic carbocycles. The number of carbonyl (C=O) groups is 1. The second-order valence-electron chi connectivity index (χ2n) is 7.32. The summed E-state index contributed by atoms with van der Waals surface area (Å²) < 4.78 is 0. The number of nitrogens with zero attached hydrogens (tertiary/aromatic N) is 3. The predicted octanol–water partition coefficient (Wildman–Crippen LogP) is 3.07. The first-order valence-electron chi connectivity index (χ1n) is 9.66. The number of amides is 1. The number of aromatic nitrogens is 2. The van der Waals surface area contributed by atoms with Gasteiger partial charge in [0.25, 0.3) is 0 Å². The van der Waals surface area contributed by atoms with Crippen molar-refractivity contribution in [3.63, 3.8) is 0 Å². The van der Waals surface area contributed by atoms with Crippen molar-refractivity contribution in [2.24, 2.45) is 11.8 Å². The SMILES string of the molecule is CCNc1cc(N2CCC[C@@H](CCC(=O)NCCC(C)C)C2)ncn1. The summed E-state index contributed by atoms with van der Waals surface area (Å²) in [6.45, 7) is 10.1. The third-order valence-corrected chi connectivity index (χ3v) is 4.68. The monoisotopic (exact) mass is 347 g/mol. The fourth-order valence-corrected chi connectivity index (χ4v) is 3.23. The summed E-state index contributed by atoms with van der Waals surface area (Å²) in [6, 6.07) is 2.02.